The van der Waals surface area contributed by atoms with Gasteiger partial charge in [0, 0.05) is 5.69 Å². The van der Waals surface area contributed by atoms with Crippen molar-refractivity contribution in [1.82, 2.24) is 5.32 Å². The van der Waals surface area contributed by atoms with Crippen LogP contribution in [0.3, 0.4) is 0 Å². The lowest BCUT2D eigenvalue weighted by molar-refractivity contribution is -0.123. The van der Waals surface area contributed by atoms with E-state index in [9.17, 15) is 17.6 Å². The number of carbonyl (C=O) groups is 1. The highest BCUT2D eigenvalue weighted by Crippen LogP contribution is 2.19. The molecule has 0 saturated carbocycles. The number of carbonyl (C=O) groups excluding carboxylic acids is 1. The van der Waals surface area contributed by atoms with Crippen molar-refractivity contribution in [2.24, 2.45) is 0 Å². The third-order valence-electron chi connectivity index (χ3n) is 4.28. The standard InChI is InChI=1S/C22H21FN2O4S/c1-16(17-7-9-18(23)10-8-17)24-22(26)15-29-20-11-13-21(14-12-20)30(27,28)25-19-5-3-2-4-6-19/h2-14,16,25H,15H2,1H3,(H,24,26)/t16-/m1/s1. The highest BCUT2D eigenvalue weighted by Gasteiger charge is 2.15. The number of anilines is 1. The molecule has 2 N–H and O–H groups in total. The number of ether oxygens (including phenoxy) is 1. The molecule has 3 aromatic carbocycles. The van der Waals surface area contributed by atoms with Crippen molar-refractivity contribution in [1.29, 1.82) is 0 Å². The van der Waals surface area contributed by atoms with E-state index < -0.39 is 10.0 Å². The zero-order valence-corrected chi connectivity index (χ0v) is 17.0. The summed E-state index contributed by atoms with van der Waals surface area (Å²) in [5.74, 6) is -0.336. The largest absolute Gasteiger partial charge is 0.484 e. The average molecular weight is 428 g/mol. The van der Waals surface area contributed by atoms with E-state index in [2.05, 4.69) is 10.0 Å². The van der Waals surface area contributed by atoms with E-state index in [1.54, 1.807) is 49.4 Å². The molecule has 0 heterocycles. The van der Waals surface area contributed by atoms with E-state index in [-0.39, 0.29) is 29.3 Å². The Bertz CT molecular complexity index is 1090. The summed E-state index contributed by atoms with van der Waals surface area (Å²) in [4.78, 5) is 12.2. The Morgan fingerprint density at radius 2 is 1.60 bits per heavy atom. The molecule has 0 unspecified atom stereocenters. The number of hydrogen-bond donors (Lipinski definition) is 2. The second-order valence-electron chi connectivity index (χ2n) is 6.57. The van der Waals surface area contributed by atoms with Crippen LogP contribution in [0.5, 0.6) is 5.75 Å². The van der Waals surface area contributed by atoms with Crippen LogP contribution in [0.15, 0.2) is 83.8 Å². The maximum atomic E-state index is 13.0. The van der Waals surface area contributed by atoms with Crippen LogP contribution in [-0.4, -0.2) is 20.9 Å². The summed E-state index contributed by atoms with van der Waals surface area (Å²) in [7, 11) is -3.72. The van der Waals surface area contributed by atoms with E-state index in [0.29, 0.717) is 11.4 Å². The molecule has 3 rings (SSSR count). The van der Waals surface area contributed by atoms with E-state index in [1.165, 1.54) is 36.4 Å². The van der Waals surface area contributed by atoms with E-state index in [0.717, 1.165) is 5.56 Å². The molecule has 0 bridgehead atoms. The van der Waals surface area contributed by atoms with E-state index in [1.807, 2.05) is 0 Å². The number of benzene rings is 3. The smallest absolute Gasteiger partial charge is 0.261 e. The van der Waals surface area contributed by atoms with Crippen LogP contribution in [0.1, 0.15) is 18.5 Å². The topological polar surface area (TPSA) is 84.5 Å². The van der Waals surface area contributed by atoms with Gasteiger partial charge in [0.25, 0.3) is 15.9 Å². The monoisotopic (exact) mass is 428 g/mol. The second-order valence-corrected chi connectivity index (χ2v) is 8.25. The molecule has 0 spiro atoms. The van der Waals surface area contributed by atoms with Gasteiger partial charge >= 0.3 is 0 Å². The van der Waals surface area contributed by atoms with Crippen LogP contribution in [0, 0.1) is 5.82 Å². The van der Waals surface area contributed by atoms with Crippen molar-refractivity contribution in [2.45, 2.75) is 17.9 Å². The molecule has 6 nitrogen and oxygen atoms in total. The van der Waals surface area contributed by atoms with E-state index in [4.69, 9.17) is 4.74 Å². The van der Waals surface area contributed by atoms with Gasteiger partial charge in [-0.1, -0.05) is 30.3 Å². The molecule has 8 heteroatoms. The van der Waals surface area contributed by atoms with Crippen molar-refractivity contribution < 1.29 is 22.3 Å². The SMILES string of the molecule is C[C@@H](NC(=O)COc1ccc(S(=O)(=O)Nc2ccccc2)cc1)c1ccc(F)cc1. The van der Waals surface area contributed by atoms with Crippen LogP contribution in [-0.2, 0) is 14.8 Å². The summed E-state index contributed by atoms with van der Waals surface area (Å²) in [5, 5.41) is 2.76. The van der Waals surface area contributed by atoms with Gasteiger partial charge in [0.05, 0.1) is 10.9 Å². The lowest BCUT2D eigenvalue weighted by Gasteiger charge is -2.15. The Labute approximate surface area is 174 Å². The molecule has 0 fully saturated rings. The van der Waals surface area contributed by atoms with Crippen LogP contribution in [0.25, 0.3) is 0 Å². The van der Waals surface area contributed by atoms with Crippen LogP contribution >= 0.6 is 0 Å². The zero-order chi connectivity index (χ0) is 21.6. The summed E-state index contributed by atoms with van der Waals surface area (Å²) in [5.41, 5.74) is 1.23. The van der Waals surface area contributed by atoms with Gasteiger partial charge in [-0.3, -0.25) is 9.52 Å². The lowest BCUT2D eigenvalue weighted by Crippen LogP contribution is -2.31. The Balaban J connectivity index is 1.54. The molecule has 0 aliphatic rings. The Morgan fingerprint density at radius 1 is 0.967 bits per heavy atom. The first-order valence-electron chi connectivity index (χ1n) is 9.19. The zero-order valence-electron chi connectivity index (χ0n) is 16.2. The summed E-state index contributed by atoms with van der Waals surface area (Å²) in [6.07, 6.45) is 0. The van der Waals surface area contributed by atoms with Gasteiger partial charge in [-0.05, 0) is 61.0 Å². The fraction of sp³-hybridized carbons (Fsp3) is 0.136. The van der Waals surface area contributed by atoms with Crippen molar-refractivity contribution in [2.75, 3.05) is 11.3 Å². The van der Waals surface area contributed by atoms with Gasteiger partial charge in [0.15, 0.2) is 6.61 Å². The first-order chi connectivity index (χ1) is 14.3. The second kappa shape index (κ2) is 9.41. The minimum absolute atomic E-state index is 0.0769. The maximum absolute atomic E-state index is 13.0. The molecule has 1 amide bonds. The molecule has 30 heavy (non-hydrogen) atoms. The van der Waals surface area contributed by atoms with Crippen LogP contribution < -0.4 is 14.8 Å². The molecule has 156 valence electrons. The molecule has 3 aromatic rings. The summed E-state index contributed by atoms with van der Waals surface area (Å²) < 4.78 is 45.7. The van der Waals surface area contributed by atoms with Gasteiger partial charge in [-0.25, -0.2) is 12.8 Å². The van der Waals surface area contributed by atoms with Crippen LogP contribution in [0.4, 0.5) is 10.1 Å². The molecule has 0 radical (unpaired) electrons. The van der Waals surface area contributed by atoms with Crippen molar-refractivity contribution >= 4 is 21.6 Å². The number of nitrogens with one attached hydrogen (secondary N) is 2. The quantitative estimate of drug-likeness (QED) is 0.570. The third-order valence-corrected chi connectivity index (χ3v) is 5.67. The van der Waals surface area contributed by atoms with Crippen molar-refractivity contribution in [3.63, 3.8) is 0 Å². The number of halogens is 1. The summed E-state index contributed by atoms with van der Waals surface area (Å²) in [6, 6.07) is 19.9. The van der Waals surface area contributed by atoms with Gasteiger partial charge < -0.3 is 10.1 Å². The van der Waals surface area contributed by atoms with Gasteiger partial charge in [-0.15, -0.1) is 0 Å². The summed E-state index contributed by atoms with van der Waals surface area (Å²) in [6.45, 7) is 1.55. The lowest BCUT2D eigenvalue weighted by atomic mass is 10.1. The predicted molar refractivity (Wildman–Crippen MR) is 112 cm³/mol. The summed E-state index contributed by atoms with van der Waals surface area (Å²) >= 11 is 0. The van der Waals surface area contributed by atoms with E-state index >= 15 is 0 Å². The van der Waals surface area contributed by atoms with Gasteiger partial charge in [0.2, 0.25) is 0 Å². The Morgan fingerprint density at radius 3 is 2.23 bits per heavy atom. The molecule has 0 aromatic heterocycles. The number of para-hydroxylation sites is 1. The molecule has 1 atom stereocenters. The number of rotatable bonds is 8. The minimum Gasteiger partial charge on any atom is -0.484 e. The normalized spacial score (nSPS) is 12.1. The number of amides is 1. The highest BCUT2D eigenvalue weighted by molar-refractivity contribution is 7.92. The average Bonchev–Trinajstić information content (AvgIpc) is 2.73. The molecule has 0 aliphatic heterocycles. The van der Waals surface area contributed by atoms with Crippen molar-refractivity contribution in [3.8, 4) is 5.75 Å². The number of hydrogen-bond acceptors (Lipinski definition) is 4. The maximum Gasteiger partial charge on any atom is 0.261 e. The van der Waals surface area contributed by atoms with Crippen molar-refractivity contribution in [3.05, 3.63) is 90.2 Å². The van der Waals surface area contributed by atoms with Crippen LogP contribution in [0.2, 0.25) is 0 Å². The first-order valence-corrected chi connectivity index (χ1v) is 10.7. The molecule has 0 aliphatic carbocycles. The number of sulfonamides is 1. The molecular weight excluding hydrogens is 407 g/mol. The highest BCUT2D eigenvalue weighted by atomic mass is 32.2. The Kier molecular flexibility index (Phi) is 6.68. The van der Waals surface area contributed by atoms with Gasteiger partial charge in [0.1, 0.15) is 11.6 Å². The van der Waals surface area contributed by atoms with Gasteiger partial charge in [-0.2, -0.15) is 0 Å². The third kappa shape index (κ3) is 5.81. The fourth-order valence-corrected chi connectivity index (χ4v) is 3.76. The molecular formula is C22H21FN2O4S. The fourth-order valence-electron chi connectivity index (χ4n) is 2.70. The predicted octanol–water partition coefficient (Wildman–Crippen LogP) is 3.88. The minimum atomic E-state index is -3.72. The first kappa shape index (κ1) is 21.3. The Hall–Kier alpha value is -3.39. The molecule has 0 saturated heterocycles.